The molecule has 2 saturated carbocycles. The highest BCUT2D eigenvalue weighted by Gasteiger charge is 2.57. The Morgan fingerprint density at radius 2 is 1.08 bits per heavy atom. The van der Waals surface area contributed by atoms with Crippen molar-refractivity contribution in [3.8, 4) is 0 Å². The molecule has 2 aliphatic rings. The van der Waals surface area contributed by atoms with Crippen LogP contribution in [0.15, 0.2) is 0 Å². The van der Waals surface area contributed by atoms with E-state index in [9.17, 15) is 0 Å². The van der Waals surface area contributed by atoms with Gasteiger partial charge in [0, 0.05) is 9.49 Å². The molecule has 2 fully saturated rings. The van der Waals surface area contributed by atoms with Crippen LogP contribution in [0.5, 0.6) is 0 Å². The first kappa shape index (κ1) is 9.89. The van der Waals surface area contributed by atoms with E-state index in [1.54, 1.807) is 0 Å². The summed E-state index contributed by atoms with van der Waals surface area (Å²) < 4.78 is 1.39. The number of hydrogen-bond acceptors (Lipinski definition) is 1. The summed E-state index contributed by atoms with van der Waals surface area (Å²) in [6, 6.07) is 0. The fourth-order valence-corrected chi connectivity index (χ4v) is 4.14. The van der Waals surface area contributed by atoms with Gasteiger partial charge in [-0.25, -0.2) is 0 Å². The second-order valence-electron chi connectivity index (χ2n) is 5.54. The Bertz CT molecular complexity index is 175. The fraction of sp³-hybridized carbons (Fsp3) is 1.00. The summed E-state index contributed by atoms with van der Waals surface area (Å²) in [5, 5.41) is 0. The topological polar surface area (TPSA) is 0 Å². The van der Waals surface area contributed by atoms with Gasteiger partial charge in [-0.2, -0.15) is 0 Å². The Balaban J connectivity index is 1.98. The summed E-state index contributed by atoms with van der Waals surface area (Å²) in [6.45, 7) is 9.60. The minimum atomic E-state index is 0.695. The summed E-state index contributed by atoms with van der Waals surface area (Å²) in [4.78, 5) is 0. The zero-order valence-electron chi connectivity index (χ0n) is 9.39. The van der Waals surface area contributed by atoms with Crippen molar-refractivity contribution in [2.24, 2.45) is 11.8 Å². The summed E-state index contributed by atoms with van der Waals surface area (Å²) in [7, 11) is 0. The lowest BCUT2D eigenvalue weighted by Gasteiger charge is -2.28. The average Bonchev–Trinajstić information content (AvgIpc) is 2.86. The van der Waals surface area contributed by atoms with Crippen LogP contribution in [0.1, 0.15) is 53.4 Å². The van der Waals surface area contributed by atoms with Crippen LogP contribution in [0, 0.1) is 11.8 Å². The highest BCUT2D eigenvalue weighted by atomic mass is 32.2. The van der Waals surface area contributed by atoms with Gasteiger partial charge in [-0.15, -0.1) is 11.8 Å². The second kappa shape index (κ2) is 2.92. The second-order valence-corrected chi connectivity index (χ2v) is 7.37. The summed E-state index contributed by atoms with van der Waals surface area (Å²) >= 11 is 2.34. The third-order valence-corrected chi connectivity index (χ3v) is 6.57. The molecular formula is C12H22S. The van der Waals surface area contributed by atoms with Gasteiger partial charge in [0.05, 0.1) is 0 Å². The van der Waals surface area contributed by atoms with Crippen molar-refractivity contribution in [2.45, 2.75) is 62.9 Å². The molecule has 0 radical (unpaired) electrons. The molecule has 0 saturated heterocycles. The van der Waals surface area contributed by atoms with E-state index in [1.165, 1.54) is 25.7 Å². The molecule has 0 aromatic heterocycles. The molecule has 0 N–H and O–H groups in total. The van der Waals surface area contributed by atoms with Crippen LogP contribution in [0.3, 0.4) is 0 Å². The smallest absolute Gasteiger partial charge is 0.0189 e. The maximum atomic E-state index is 2.40. The van der Waals surface area contributed by atoms with Crippen molar-refractivity contribution in [3.05, 3.63) is 0 Å². The molecule has 1 heteroatoms. The molecule has 0 heterocycles. The highest BCUT2D eigenvalue weighted by molar-refractivity contribution is 8.02. The molecule has 0 spiro atoms. The Hall–Kier alpha value is 0.350. The first-order valence-electron chi connectivity index (χ1n) is 5.71. The van der Waals surface area contributed by atoms with E-state index in [0.29, 0.717) is 9.49 Å². The fourth-order valence-electron chi connectivity index (χ4n) is 2.25. The van der Waals surface area contributed by atoms with Crippen molar-refractivity contribution >= 4 is 11.8 Å². The molecule has 2 rings (SSSR count). The average molecular weight is 198 g/mol. The minimum absolute atomic E-state index is 0.695. The maximum Gasteiger partial charge on any atom is 0.0189 e. The van der Waals surface area contributed by atoms with E-state index in [4.69, 9.17) is 0 Å². The van der Waals surface area contributed by atoms with Gasteiger partial charge in [-0.05, 0) is 37.5 Å². The van der Waals surface area contributed by atoms with Gasteiger partial charge in [-0.1, -0.05) is 27.7 Å². The predicted octanol–water partition coefficient (Wildman–Crippen LogP) is 4.10. The van der Waals surface area contributed by atoms with Crippen molar-refractivity contribution in [3.63, 3.8) is 0 Å². The van der Waals surface area contributed by atoms with Crippen LogP contribution >= 0.6 is 11.8 Å². The molecule has 2 aliphatic carbocycles. The van der Waals surface area contributed by atoms with Gasteiger partial charge in [0.15, 0.2) is 0 Å². The van der Waals surface area contributed by atoms with Gasteiger partial charge < -0.3 is 0 Å². The van der Waals surface area contributed by atoms with Gasteiger partial charge in [0.2, 0.25) is 0 Å². The van der Waals surface area contributed by atoms with Crippen molar-refractivity contribution < 1.29 is 0 Å². The van der Waals surface area contributed by atoms with E-state index in [2.05, 4.69) is 39.5 Å². The normalized spacial score (nSPS) is 28.2. The van der Waals surface area contributed by atoms with Gasteiger partial charge in [-0.3, -0.25) is 0 Å². The number of rotatable bonds is 4. The van der Waals surface area contributed by atoms with Gasteiger partial charge >= 0.3 is 0 Å². The molecule has 0 aromatic carbocycles. The SMILES string of the molecule is CC(C)C1(SC2(C(C)C)CC2)CC1. The summed E-state index contributed by atoms with van der Waals surface area (Å²) in [6.07, 6.45) is 5.90. The molecular weight excluding hydrogens is 176 g/mol. The zero-order chi connectivity index (χ0) is 9.69. The monoisotopic (exact) mass is 198 g/mol. The third kappa shape index (κ3) is 1.65. The van der Waals surface area contributed by atoms with E-state index < -0.39 is 0 Å². The molecule has 0 unspecified atom stereocenters. The minimum Gasteiger partial charge on any atom is -0.148 e. The third-order valence-electron chi connectivity index (χ3n) is 4.00. The predicted molar refractivity (Wildman–Crippen MR) is 61.2 cm³/mol. The molecule has 0 aliphatic heterocycles. The highest BCUT2D eigenvalue weighted by Crippen LogP contribution is 2.66. The first-order chi connectivity index (χ1) is 6.01. The van der Waals surface area contributed by atoms with E-state index in [-0.39, 0.29) is 0 Å². The van der Waals surface area contributed by atoms with Crippen LogP contribution < -0.4 is 0 Å². The van der Waals surface area contributed by atoms with Crippen molar-refractivity contribution in [1.29, 1.82) is 0 Å². The largest absolute Gasteiger partial charge is 0.148 e. The van der Waals surface area contributed by atoms with Crippen LogP contribution in [-0.4, -0.2) is 9.49 Å². The summed E-state index contributed by atoms with van der Waals surface area (Å²) in [5.41, 5.74) is 0. The molecule has 0 nitrogen and oxygen atoms in total. The number of hydrogen-bond donors (Lipinski definition) is 0. The molecule has 76 valence electrons. The Morgan fingerprint density at radius 1 is 0.769 bits per heavy atom. The first-order valence-corrected chi connectivity index (χ1v) is 6.53. The lowest BCUT2D eigenvalue weighted by Crippen LogP contribution is -2.22. The Kier molecular flexibility index (Phi) is 2.22. The van der Waals surface area contributed by atoms with Gasteiger partial charge in [0.25, 0.3) is 0 Å². The molecule has 0 aromatic rings. The lowest BCUT2D eigenvalue weighted by molar-refractivity contribution is 0.567. The Morgan fingerprint density at radius 3 is 1.23 bits per heavy atom. The van der Waals surface area contributed by atoms with E-state index >= 15 is 0 Å². The molecule has 0 bridgehead atoms. The van der Waals surface area contributed by atoms with Crippen LogP contribution in [0.4, 0.5) is 0 Å². The number of thioether (sulfide) groups is 1. The Labute approximate surface area is 86.9 Å². The maximum absolute atomic E-state index is 2.40. The van der Waals surface area contributed by atoms with E-state index in [0.717, 1.165) is 11.8 Å². The summed E-state index contributed by atoms with van der Waals surface area (Å²) in [5.74, 6) is 1.77. The molecule has 0 atom stereocenters. The van der Waals surface area contributed by atoms with Crippen LogP contribution in [-0.2, 0) is 0 Å². The van der Waals surface area contributed by atoms with Crippen molar-refractivity contribution in [1.82, 2.24) is 0 Å². The van der Waals surface area contributed by atoms with Crippen molar-refractivity contribution in [2.75, 3.05) is 0 Å². The van der Waals surface area contributed by atoms with Crippen LogP contribution in [0.25, 0.3) is 0 Å². The molecule has 0 amide bonds. The lowest BCUT2D eigenvalue weighted by atomic mass is 10.1. The quantitative estimate of drug-likeness (QED) is 0.655. The van der Waals surface area contributed by atoms with E-state index in [1.807, 2.05) is 0 Å². The standard InChI is InChI=1S/C12H22S/c1-9(2)11(5-6-11)13-12(7-8-12)10(3)4/h9-10H,5-8H2,1-4H3. The zero-order valence-corrected chi connectivity index (χ0v) is 10.2. The van der Waals surface area contributed by atoms with Crippen LogP contribution in [0.2, 0.25) is 0 Å². The molecule has 13 heavy (non-hydrogen) atoms. The van der Waals surface area contributed by atoms with Gasteiger partial charge in [0.1, 0.15) is 0 Å².